The normalized spacial score (nSPS) is 17.3. The molecule has 1 aromatic heterocycles. The van der Waals surface area contributed by atoms with E-state index in [0.717, 1.165) is 0 Å². The van der Waals surface area contributed by atoms with Gasteiger partial charge < -0.3 is 4.90 Å². The van der Waals surface area contributed by atoms with Crippen molar-refractivity contribution in [1.82, 2.24) is 9.97 Å². The van der Waals surface area contributed by atoms with Crippen molar-refractivity contribution in [3.05, 3.63) is 30.3 Å². The first-order valence-electron chi connectivity index (χ1n) is 6.62. The summed E-state index contributed by atoms with van der Waals surface area (Å²) in [5.41, 5.74) is 0.274. The molecule has 3 rings (SSSR count). The van der Waals surface area contributed by atoms with Crippen molar-refractivity contribution in [1.29, 1.82) is 0 Å². The average Bonchev–Trinajstić information content (AvgIpc) is 2.46. The zero-order valence-electron chi connectivity index (χ0n) is 11.2. The summed E-state index contributed by atoms with van der Waals surface area (Å²) >= 11 is 0. The van der Waals surface area contributed by atoms with Crippen molar-refractivity contribution in [3.63, 3.8) is 0 Å². The molecule has 0 atom stereocenters. The highest BCUT2D eigenvalue weighted by atomic mass is 32.2. The summed E-state index contributed by atoms with van der Waals surface area (Å²) in [7, 11) is -3.50. The Bertz CT molecular complexity index is 773. The molecule has 0 saturated carbocycles. The minimum Gasteiger partial charge on any atom is -0.356 e. The van der Waals surface area contributed by atoms with Gasteiger partial charge >= 0.3 is 0 Å². The van der Waals surface area contributed by atoms with E-state index in [9.17, 15) is 12.8 Å². The van der Waals surface area contributed by atoms with Gasteiger partial charge in [-0.15, -0.1) is 0 Å². The predicted octanol–water partition coefficient (Wildman–Crippen LogP) is 1.03. The summed E-state index contributed by atoms with van der Waals surface area (Å²) in [6, 6.07) is 4.73. The lowest BCUT2D eigenvalue weighted by atomic mass is 10.1. The van der Waals surface area contributed by atoms with Crippen LogP contribution in [-0.2, 0) is 10.0 Å². The fourth-order valence-corrected chi connectivity index (χ4v) is 3.55. The Kier molecular flexibility index (Phi) is 3.50. The smallest absolute Gasteiger partial charge is 0.212 e. The Morgan fingerprint density at radius 1 is 1.24 bits per heavy atom. The fraction of sp³-hybridized carbons (Fsp3) is 0.385. The van der Waals surface area contributed by atoms with Gasteiger partial charge in [0, 0.05) is 18.5 Å². The standard InChI is InChI=1S/C13H15FN4O2S/c14-11-3-1-2-10-12(11)16-8-17-13(10)18-6-4-9(5-7-18)21(15,19)20/h1-3,8-9H,4-7H2,(H2,15,19,20). The Hall–Kier alpha value is -1.80. The summed E-state index contributed by atoms with van der Waals surface area (Å²) in [6.07, 6.45) is 2.21. The number of benzene rings is 1. The molecule has 2 aromatic rings. The highest BCUT2D eigenvalue weighted by molar-refractivity contribution is 7.89. The van der Waals surface area contributed by atoms with Gasteiger partial charge in [0.25, 0.3) is 0 Å². The first-order valence-corrected chi connectivity index (χ1v) is 8.23. The highest BCUT2D eigenvalue weighted by Crippen LogP contribution is 2.27. The summed E-state index contributed by atoms with van der Waals surface area (Å²) in [4.78, 5) is 10.1. The number of para-hydroxylation sites is 1. The quantitative estimate of drug-likeness (QED) is 0.894. The van der Waals surface area contributed by atoms with Crippen LogP contribution in [0.15, 0.2) is 24.5 Å². The number of hydrogen-bond acceptors (Lipinski definition) is 5. The van der Waals surface area contributed by atoms with E-state index in [0.29, 0.717) is 37.1 Å². The number of halogens is 1. The van der Waals surface area contributed by atoms with Gasteiger partial charge in [0.1, 0.15) is 23.5 Å². The van der Waals surface area contributed by atoms with Crippen LogP contribution in [0.25, 0.3) is 10.9 Å². The minimum atomic E-state index is -3.50. The van der Waals surface area contributed by atoms with E-state index in [1.807, 2.05) is 4.90 Å². The summed E-state index contributed by atoms with van der Waals surface area (Å²) in [5, 5.41) is 5.30. The molecule has 0 radical (unpaired) electrons. The molecule has 0 unspecified atom stereocenters. The number of hydrogen-bond donors (Lipinski definition) is 1. The second-order valence-corrected chi connectivity index (χ2v) is 6.95. The van der Waals surface area contributed by atoms with Crippen molar-refractivity contribution < 1.29 is 12.8 Å². The summed E-state index contributed by atoms with van der Waals surface area (Å²) in [6.45, 7) is 1.04. The Balaban J connectivity index is 1.91. The second kappa shape index (κ2) is 5.19. The second-order valence-electron chi connectivity index (χ2n) is 5.11. The molecule has 0 bridgehead atoms. The van der Waals surface area contributed by atoms with Gasteiger partial charge in [-0.25, -0.2) is 27.9 Å². The number of rotatable bonds is 2. The van der Waals surface area contributed by atoms with Gasteiger partial charge in [-0.05, 0) is 25.0 Å². The van der Waals surface area contributed by atoms with Crippen LogP contribution in [0.1, 0.15) is 12.8 Å². The minimum absolute atomic E-state index is 0.274. The van der Waals surface area contributed by atoms with Crippen LogP contribution in [0.3, 0.4) is 0 Å². The number of piperidine rings is 1. The molecule has 2 N–H and O–H groups in total. The third kappa shape index (κ3) is 2.68. The molecule has 1 aromatic carbocycles. The number of aromatic nitrogens is 2. The Labute approximate surface area is 121 Å². The monoisotopic (exact) mass is 310 g/mol. The molecular weight excluding hydrogens is 295 g/mol. The Morgan fingerprint density at radius 3 is 2.62 bits per heavy atom. The Morgan fingerprint density at radius 2 is 1.95 bits per heavy atom. The molecule has 6 nitrogen and oxygen atoms in total. The molecule has 1 fully saturated rings. The maximum Gasteiger partial charge on any atom is 0.212 e. The van der Waals surface area contributed by atoms with E-state index in [-0.39, 0.29) is 5.52 Å². The zero-order chi connectivity index (χ0) is 15.0. The van der Waals surface area contributed by atoms with Crippen molar-refractivity contribution in [2.45, 2.75) is 18.1 Å². The first-order chi connectivity index (χ1) is 9.97. The molecule has 1 aliphatic rings. The number of sulfonamides is 1. The molecule has 0 aliphatic carbocycles. The van der Waals surface area contributed by atoms with Gasteiger partial charge in [0.05, 0.1) is 5.25 Å². The third-order valence-electron chi connectivity index (χ3n) is 3.80. The van der Waals surface area contributed by atoms with Gasteiger partial charge in [-0.2, -0.15) is 0 Å². The van der Waals surface area contributed by atoms with Gasteiger partial charge in [0.15, 0.2) is 0 Å². The van der Waals surface area contributed by atoms with Crippen LogP contribution < -0.4 is 10.0 Å². The number of primary sulfonamides is 1. The van der Waals surface area contributed by atoms with Crippen LogP contribution in [0, 0.1) is 5.82 Å². The van der Waals surface area contributed by atoms with E-state index in [1.165, 1.54) is 12.4 Å². The molecule has 1 aliphatic heterocycles. The van der Waals surface area contributed by atoms with Crippen LogP contribution >= 0.6 is 0 Å². The third-order valence-corrected chi connectivity index (χ3v) is 5.20. The number of fused-ring (bicyclic) bond motifs is 1. The highest BCUT2D eigenvalue weighted by Gasteiger charge is 2.28. The van der Waals surface area contributed by atoms with Crippen LogP contribution in [0.2, 0.25) is 0 Å². The topological polar surface area (TPSA) is 89.2 Å². The molecule has 2 heterocycles. The van der Waals surface area contributed by atoms with E-state index in [2.05, 4.69) is 9.97 Å². The first kappa shape index (κ1) is 14.2. The molecule has 21 heavy (non-hydrogen) atoms. The SMILES string of the molecule is NS(=O)(=O)C1CCN(c2ncnc3c(F)cccc23)CC1. The van der Waals surface area contributed by atoms with Crippen molar-refractivity contribution in [2.24, 2.45) is 5.14 Å². The maximum atomic E-state index is 13.7. The van der Waals surface area contributed by atoms with Crippen molar-refractivity contribution in [2.75, 3.05) is 18.0 Å². The van der Waals surface area contributed by atoms with Crippen LogP contribution in [0.4, 0.5) is 10.2 Å². The van der Waals surface area contributed by atoms with Crippen molar-refractivity contribution in [3.8, 4) is 0 Å². The van der Waals surface area contributed by atoms with E-state index < -0.39 is 21.1 Å². The lowest BCUT2D eigenvalue weighted by molar-refractivity contribution is 0.529. The molecular formula is C13H15FN4O2S. The predicted molar refractivity (Wildman–Crippen MR) is 77.8 cm³/mol. The molecule has 0 amide bonds. The molecule has 8 heteroatoms. The lowest BCUT2D eigenvalue weighted by Gasteiger charge is -2.32. The van der Waals surface area contributed by atoms with E-state index >= 15 is 0 Å². The zero-order valence-corrected chi connectivity index (χ0v) is 12.1. The molecule has 1 saturated heterocycles. The maximum absolute atomic E-state index is 13.7. The molecule has 0 spiro atoms. The van der Waals surface area contributed by atoms with Crippen LogP contribution in [0.5, 0.6) is 0 Å². The van der Waals surface area contributed by atoms with Gasteiger partial charge in [0.2, 0.25) is 10.0 Å². The number of nitrogens with zero attached hydrogens (tertiary/aromatic N) is 3. The summed E-state index contributed by atoms with van der Waals surface area (Å²) in [5.74, 6) is 0.239. The van der Waals surface area contributed by atoms with E-state index in [4.69, 9.17) is 5.14 Å². The van der Waals surface area contributed by atoms with E-state index in [1.54, 1.807) is 12.1 Å². The van der Waals surface area contributed by atoms with Gasteiger partial charge in [-0.1, -0.05) is 6.07 Å². The summed E-state index contributed by atoms with van der Waals surface area (Å²) < 4.78 is 36.5. The number of anilines is 1. The van der Waals surface area contributed by atoms with Crippen LogP contribution in [-0.4, -0.2) is 36.7 Å². The number of nitrogens with two attached hydrogens (primary N) is 1. The lowest BCUT2D eigenvalue weighted by Crippen LogP contribution is -2.42. The van der Waals surface area contributed by atoms with Crippen molar-refractivity contribution >= 4 is 26.7 Å². The van der Waals surface area contributed by atoms with Gasteiger partial charge in [-0.3, -0.25) is 0 Å². The average molecular weight is 310 g/mol. The largest absolute Gasteiger partial charge is 0.356 e. The fourth-order valence-electron chi connectivity index (χ4n) is 2.69. The molecule has 112 valence electrons.